The number of ether oxygens (including phenoxy) is 2. The maximum absolute atomic E-state index is 5.42. The van der Waals surface area contributed by atoms with E-state index in [0.29, 0.717) is 7.25 Å². The number of allylic oxidation sites excluding steroid dienone is 2. The van der Waals surface area contributed by atoms with Crippen molar-refractivity contribution in [2.45, 2.75) is 30.4 Å². The molecule has 0 saturated heterocycles. The standard InChI is InChI=1S/2C17H15O.2CH3.2ClH.H2Si.Zr/c2*1-12-10-14-4-3-5-16(17(14)11-12)13-6-8-15(18-2)9-7-13;;;;;;/h2*3-11H,1-2H3;2*1H3;2*1H;1H2;. The van der Waals surface area contributed by atoms with Gasteiger partial charge in [0.15, 0.2) is 0 Å². The summed E-state index contributed by atoms with van der Waals surface area (Å²) in [6.45, 7) is 7.15. The topological polar surface area (TPSA) is 18.5 Å². The monoisotopic (exact) mass is 692 g/mol. The van der Waals surface area contributed by atoms with Crippen molar-refractivity contribution in [3.8, 4) is 33.8 Å². The van der Waals surface area contributed by atoms with Crippen molar-refractivity contribution in [1.82, 2.24) is 0 Å². The molecule has 0 heterocycles. The largest absolute Gasteiger partial charge is 0.147 e. The first-order valence-electron chi connectivity index (χ1n) is 14.1. The molecule has 4 aromatic rings. The van der Waals surface area contributed by atoms with Crippen LogP contribution in [0.2, 0.25) is 9.26 Å². The summed E-state index contributed by atoms with van der Waals surface area (Å²) in [6.07, 6.45) is 4.97. The van der Waals surface area contributed by atoms with E-state index in [0.717, 1.165) is 11.5 Å². The van der Waals surface area contributed by atoms with Crippen molar-refractivity contribution in [3.05, 3.63) is 118 Å². The van der Waals surface area contributed by atoms with Gasteiger partial charge in [0.05, 0.1) is 0 Å². The zero-order valence-electron chi connectivity index (χ0n) is 25.2. The fourth-order valence-electron chi connectivity index (χ4n) is 7.83. The second-order valence-corrected chi connectivity index (χ2v) is 43.1. The third-order valence-electron chi connectivity index (χ3n) is 9.25. The number of rotatable bonds is 6. The van der Waals surface area contributed by atoms with Crippen molar-refractivity contribution < 1.29 is 26.9 Å². The summed E-state index contributed by atoms with van der Waals surface area (Å²) < 4.78 is 17.2. The molecule has 218 valence electrons. The molecule has 2 nitrogen and oxygen atoms in total. The molecule has 0 aromatic heterocycles. The van der Waals surface area contributed by atoms with Crippen LogP contribution in [-0.4, -0.2) is 21.1 Å². The Morgan fingerprint density at radius 2 is 0.929 bits per heavy atom. The molecule has 0 fully saturated rings. The maximum atomic E-state index is 5.42. The molecule has 4 aromatic carbocycles. The Morgan fingerprint density at radius 1 is 0.571 bits per heavy atom. The van der Waals surface area contributed by atoms with Gasteiger partial charge in [0.25, 0.3) is 0 Å². The Labute approximate surface area is 265 Å². The third-order valence-corrected chi connectivity index (χ3v) is 27.2. The molecule has 0 bridgehead atoms. The van der Waals surface area contributed by atoms with Crippen LogP contribution in [0.3, 0.4) is 0 Å². The van der Waals surface area contributed by atoms with E-state index in [9.17, 15) is 0 Å². The fraction of sp³-hybridized carbons (Fsp3) is 0.222. The summed E-state index contributed by atoms with van der Waals surface area (Å²) in [5.41, 5.74) is 14.0. The Hall–Kier alpha value is -2.36. The average molecular weight is 695 g/mol. The van der Waals surface area contributed by atoms with Crippen LogP contribution in [-0.2, 0) is 17.4 Å². The molecule has 6 heteroatoms. The summed E-state index contributed by atoms with van der Waals surface area (Å²) in [6, 6.07) is 30.9. The molecule has 2 unspecified atom stereocenters. The molecule has 2 aliphatic carbocycles. The van der Waals surface area contributed by atoms with E-state index < -0.39 is 17.4 Å². The van der Waals surface area contributed by atoms with Crippen LogP contribution >= 0.6 is 24.8 Å². The molecule has 0 aliphatic heterocycles. The van der Waals surface area contributed by atoms with E-state index in [1.165, 1.54) is 55.7 Å². The van der Waals surface area contributed by atoms with Crippen molar-refractivity contribution >= 4 is 43.8 Å². The van der Waals surface area contributed by atoms with Crippen LogP contribution in [0.5, 0.6) is 11.5 Å². The number of halogens is 2. The number of hydrogen-bond acceptors (Lipinski definition) is 2. The molecule has 0 amide bonds. The molecule has 42 heavy (non-hydrogen) atoms. The minimum Gasteiger partial charge on any atom is -0.147 e. The molecule has 0 radical (unpaired) electrons. The number of hydrogen-bond donors (Lipinski definition) is 0. The van der Waals surface area contributed by atoms with Crippen LogP contribution in [0.4, 0.5) is 0 Å². The van der Waals surface area contributed by atoms with Gasteiger partial charge in [-0.15, -0.1) is 24.8 Å². The number of methoxy groups -OCH3 is 2. The van der Waals surface area contributed by atoms with Gasteiger partial charge in [-0.3, -0.25) is 0 Å². The third kappa shape index (κ3) is 5.30. The molecule has 0 saturated carbocycles. The normalized spacial score (nSPS) is 17.2. The summed E-state index contributed by atoms with van der Waals surface area (Å²) in [7, 11) is 3.44. The first-order chi connectivity index (χ1) is 19.1. The zero-order valence-corrected chi connectivity index (χ0v) is 30.7. The molecule has 0 spiro atoms. The maximum Gasteiger partial charge on any atom is -0.147 e. The molecule has 0 N–H and O–H groups in total. The zero-order chi connectivity index (χ0) is 28.3. The average Bonchev–Trinajstić information content (AvgIpc) is 3.49. The van der Waals surface area contributed by atoms with Crippen molar-refractivity contribution in [2.24, 2.45) is 0 Å². The van der Waals surface area contributed by atoms with Gasteiger partial charge in [-0.1, -0.05) is 0 Å². The summed E-state index contributed by atoms with van der Waals surface area (Å²) >= 11 is -3.56. The van der Waals surface area contributed by atoms with Gasteiger partial charge in [0, 0.05) is 0 Å². The smallest absolute Gasteiger partial charge is 0.147 e. The van der Waals surface area contributed by atoms with Crippen molar-refractivity contribution in [1.29, 1.82) is 0 Å². The molecule has 2 atom stereocenters. The molecular weight excluding hydrogens is 655 g/mol. The Kier molecular flexibility index (Phi) is 9.27. The quantitative estimate of drug-likeness (QED) is 0.187. The van der Waals surface area contributed by atoms with Crippen LogP contribution in [0.15, 0.2) is 96.1 Å². The number of benzene rings is 4. The van der Waals surface area contributed by atoms with E-state index in [4.69, 9.17) is 9.47 Å². The van der Waals surface area contributed by atoms with E-state index in [-0.39, 0.29) is 24.8 Å². The van der Waals surface area contributed by atoms with Gasteiger partial charge < -0.3 is 0 Å². The SMILES string of the molecule is COc1ccc(-c2cccc3c2C=C(C)[CH]3[Zr]([CH3])([CH3])(=[SiH2])[CH]2C(C)=Cc3c(-c4ccc(OC)cc4)cccc32)cc1.Cl.Cl. The first-order valence-corrected chi connectivity index (χ1v) is 27.8. The first kappa shape index (κ1) is 32.6. The fourth-order valence-corrected chi connectivity index (χ4v) is 29.1. The molecule has 6 rings (SSSR count). The van der Waals surface area contributed by atoms with Crippen LogP contribution in [0.1, 0.15) is 43.4 Å². The minimum absolute atomic E-state index is 0. The number of fused-ring (bicyclic) bond motifs is 2. The predicted octanol–water partition coefficient (Wildman–Crippen LogP) is 9.83. The Morgan fingerprint density at radius 3 is 1.26 bits per heavy atom. The van der Waals surface area contributed by atoms with E-state index in [1.807, 2.05) is 0 Å². The molecular formula is C36H40Cl2O2SiZr. The van der Waals surface area contributed by atoms with Crippen molar-refractivity contribution in [3.63, 3.8) is 0 Å². The molecule has 2 aliphatic rings. The second-order valence-electron chi connectivity index (χ2n) is 12.7. The van der Waals surface area contributed by atoms with E-state index >= 15 is 0 Å². The summed E-state index contributed by atoms with van der Waals surface area (Å²) in [5, 5.41) is 0. The minimum atomic E-state index is -3.56. The predicted molar refractivity (Wildman–Crippen MR) is 184 cm³/mol. The van der Waals surface area contributed by atoms with Crippen molar-refractivity contribution in [2.75, 3.05) is 14.2 Å². The van der Waals surface area contributed by atoms with E-state index in [2.05, 4.69) is 127 Å². The Balaban J connectivity index is 0.00000202. The van der Waals surface area contributed by atoms with Crippen LogP contribution in [0, 0.1) is 0 Å². The van der Waals surface area contributed by atoms with Gasteiger partial charge in [-0.2, -0.15) is 0 Å². The van der Waals surface area contributed by atoms with Gasteiger partial charge in [0.1, 0.15) is 0 Å². The van der Waals surface area contributed by atoms with Gasteiger partial charge in [-0.05, 0) is 0 Å². The van der Waals surface area contributed by atoms with Gasteiger partial charge in [0.2, 0.25) is 0 Å². The Bertz CT molecular complexity index is 1640. The second kappa shape index (κ2) is 12.0. The van der Waals surface area contributed by atoms with Gasteiger partial charge in [-0.25, -0.2) is 0 Å². The van der Waals surface area contributed by atoms with Crippen LogP contribution < -0.4 is 9.47 Å². The van der Waals surface area contributed by atoms with Gasteiger partial charge >= 0.3 is 243 Å². The van der Waals surface area contributed by atoms with E-state index in [1.54, 1.807) is 14.2 Å². The van der Waals surface area contributed by atoms with Crippen LogP contribution in [0.25, 0.3) is 34.4 Å². The summed E-state index contributed by atoms with van der Waals surface area (Å²) in [4.78, 5) is 0. The summed E-state index contributed by atoms with van der Waals surface area (Å²) in [5.74, 6) is 1.78.